The molecule has 2 nitrogen and oxygen atoms in total. The van der Waals surface area contributed by atoms with Gasteiger partial charge in [0.1, 0.15) is 0 Å². The van der Waals surface area contributed by atoms with E-state index in [0.29, 0.717) is 5.02 Å². The monoisotopic (exact) mass is 261 g/mol. The lowest BCUT2D eigenvalue weighted by Gasteiger charge is -2.20. The predicted octanol–water partition coefficient (Wildman–Crippen LogP) is 3.20. The van der Waals surface area contributed by atoms with Crippen LogP contribution in [0.5, 0.6) is 0 Å². The molecule has 0 unspecified atom stereocenters. The molecule has 0 spiro atoms. The molecule has 1 N–H and O–H groups in total. The first-order chi connectivity index (χ1) is 7.67. The Labute approximate surface area is 107 Å². The molecule has 1 aromatic rings. The molecule has 1 aromatic carbocycles. The van der Waals surface area contributed by atoms with Crippen LogP contribution in [0.1, 0.15) is 18.9 Å². The van der Waals surface area contributed by atoms with Gasteiger partial charge in [-0.15, -0.1) is 0 Å². The molecule has 16 heavy (non-hydrogen) atoms. The standard InChI is InChI=1S/C12H17Cl2NO/c1-2-15(6-3-7-16)9-10-8-11(13)4-5-12(10)14/h4-5,8,16H,2-3,6-7,9H2,1H3. The quantitative estimate of drug-likeness (QED) is 0.851. The lowest BCUT2D eigenvalue weighted by molar-refractivity contribution is 0.225. The summed E-state index contributed by atoms with van der Waals surface area (Å²) in [5.74, 6) is 0. The summed E-state index contributed by atoms with van der Waals surface area (Å²) in [4.78, 5) is 2.23. The molecule has 0 aliphatic heterocycles. The van der Waals surface area contributed by atoms with Gasteiger partial charge >= 0.3 is 0 Å². The van der Waals surface area contributed by atoms with Crippen LogP contribution in [0.15, 0.2) is 18.2 Å². The lowest BCUT2D eigenvalue weighted by atomic mass is 10.2. The van der Waals surface area contributed by atoms with Crippen LogP contribution < -0.4 is 0 Å². The van der Waals surface area contributed by atoms with Crippen molar-refractivity contribution in [1.82, 2.24) is 4.90 Å². The molecule has 1 rings (SSSR count). The molecule has 0 saturated carbocycles. The summed E-state index contributed by atoms with van der Waals surface area (Å²) >= 11 is 12.0. The zero-order valence-corrected chi connectivity index (χ0v) is 10.9. The number of aliphatic hydroxyl groups excluding tert-OH is 1. The van der Waals surface area contributed by atoms with Gasteiger partial charge in [0.25, 0.3) is 0 Å². The summed E-state index contributed by atoms with van der Waals surface area (Å²) < 4.78 is 0. The van der Waals surface area contributed by atoms with E-state index >= 15 is 0 Å². The number of halogens is 2. The number of aliphatic hydroxyl groups is 1. The molecule has 0 aromatic heterocycles. The Bertz CT molecular complexity index is 331. The Morgan fingerprint density at radius 3 is 2.69 bits per heavy atom. The maximum absolute atomic E-state index is 8.80. The van der Waals surface area contributed by atoms with Crippen LogP contribution >= 0.6 is 23.2 Å². The van der Waals surface area contributed by atoms with Gasteiger partial charge in [-0.1, -0.05) is 30.1 Å². The van der Waals surface area contributed by atoms with E-state index in [-0.39, 0.29) is 6.61 Å². The largest absolute Gasteiger partial charge is 0.396 e. The summed E-state index contributed by atoms with van der Waals surface area (Å²) in [5, 5.41) is 10.3. The number of benzene rings is 1. The average Bonchev–Trinajstić information content (AvgIpc) is 2.28. The van der Waals surface area contributed by atoms with Gasteiger partial charge in [0.05, 0.1) is 0 Å². The second-order valence-electron chi connectivity index (χ2n) is 3.68. The maximum atomic E-state index is 8.80. The minimum Gasteiger partial charge on any atom is -0.396 e. The van der Waals surface area contributed by atoms with Crippen molar-refractivity contribution in [3.63, 3.8) is 0 Å². The molecule has 0 bridgehead atoms. The Hall–Kier alpha value is -0.280. The molecule has 0 heterocycles. The van der Waals surface area contributed by atoms with E-state index in [9.17, 15) is 0 Å². The van der Waals surface area contributed by atoms with Crippen molar-refractivity contribution in [3.05, 3.63) is 33.8 Å². The van der Waals surface area contributed by atoms with E-state index in [4.69, 9.17) is 28.3 Å². The summed E-state index contributed by atoms with van der Waals surface area (Å²) in [6.45, 7) is 4.89. The third kappa shape index (κ3) is 4.30. The highest BCUT2D eigenvalue weighted by molar-refractivity contribution is 6.33. The lowest BCUT2D eigenvalue weighted by Crippen LogP contribution is -2.24. The first-order valence-electron chi connectivity index (χ1n) is 5.44. The fraction of sp³-hybridized carbons (Fsp3) is 0.500. The topological polar surface area (TPSA) is 23.5 Å². The highest BCUT2D eigenvalue weighted by atomic mass is 35.5. The minimum absolute atomic E-state index is 0.222. The highest BCUT2D eigenvalue weighted by Crippen LogP contribution is 2.22. The fourth-order valence-electron chi connectivity index (χ4n) is 1.55. The van der Waals surface area contributed by atoms with Gasteiger partial charge in [-0.2, -0.15) is 0 Å². The van der Waals surface area contributed by atoms with Gasteiger partial charge in [-0.05, 0) is 36.7 Å². The van der Waals surface area contributed by atoms with Gasteiger partial charge in [-0.3, -0.25) is 4.90 Å². The van der Waals surface area contributed by atoms with Crippen molar-refractivity contribution < 1.29 is 5.11 Å². The normalized spacial score (nSPS) is 11.1. The Morgan fingerprint density at radius 2 is 2.06 bits per heavy atom. The van der Waals surface area contributed by atoms with E-state index < -0.39 is 0 Å². The number of hydrogen-bond donors (Lipinski definition) is 1. The molecule has 0 atom stereocenters. The second kappa shape index (κ2) is 7.13. The third-order valence-corrected chi connectivity index (χ3v) is 3.09. The molecular formula is C12H17Cl2NO. The molecule has 0 radical (unpaired) electrons. The Kier molecular flexibility index (Phi) is 6.14. The number of rotatable bonds is 6. The Morgan fingerprint density at radius 1 is 1.31 bits per heavy atom. The summed E-state index contributed by atoms with van der Waals surface area (Å²) in [6, 6.07) is 5.50. The van der Waals surface area contributed by atoms with Gasteiger partial charge in [-0.25, -0.2) is 0 Å². The van der Waals surface area contributed by atoms with Crippen molar-refractivity contribution in [3.8, 4) is 0 Å². The van der Waals surface area contributed by atoms with Crippen molar-refractivity contribution >= 4 is 23.2 Å². The van der Waals surface area contributed by atoms with E-state index in [0.717, 1.165) is 36.6 Å². The molecule has 4 heteroatoms. The van der Waals surface area contributed by atoms with Crippen molar-refractivity contribution in [2.75, 3.05) is 19.7 Å². The number of hydrogen-bond acceptors (Lipinski definition) is 2. The van der Waals surface area contributed by atoms with E-state index in [2.05, 4.69) is 11.8 Å². The van der Waals surface area contributed by atoms with Crippen molar-refractivity contribution in [1.29, 1.82) is 0 Å². The minimum atomic E-state index is 0.222. The van der Waals surface area contributed by atoms with Crippen LogP contribution in [0.25, 0.3) is 0 Å². The van der Waals surface area contributed by atoms with Crippen LogP contribution in [-0.4, -0.2) is 29.7 Å². The van der Waals surface area contributed by atoms with E-state index in [1.54, 1.807) is 6.07 Å². The average molecular weight is 262 g/mol. The summed E-state index contributed by atoms with van der Waals surface area (Å²) in [5.41, 5.74) is 1.04. The molecule has 0 aliphatic carbocycles. The molecular weight excluding hydrogens is 245 g/mol. The van der Waals surface area contributed by atoms with E-state index in [1.165, 1.54) is 0 Å². The molecule has 0 aliphatic rings. The zero-order valence-electron chi connectivity index (χ0n) is 9.42. The third-order valence-electron chi connectivity index (χ3n) is 2.48. The van der Waals surface area contributed by atoms with E-state index in [1.807, 2.05) is 12.1 Å². The van der Waals surface area contributed by atoms with Gasteiger partial charge in [0.15, 0.2) is 0 Å². The zero-order chi connectivity index (χ0) is 12.0. The van der Waals surface area contributed by atoms with Crippen LogP contribution in [0.4, 0.5) is 0 Å². The van der Waals surface area contributed by atoms with Crippen LogP contribution in [0.2, 0.25) is 10.0 Å². The van der Waals surface area contributed by atoms with Crippen molar-refractivity contribution in [2.45, 2.75) is 19.9 Å². The Balaban J connectivity index is 2.65. The maximum Gasteiger partial charge on any atom is 0.0452 e. The van der Waals surface area contributed by atoms with Crippen LogP contribution in [0.3, 0.4) is 0 Å². The number of nitrogens with zero attached hydrogens (tertiary/aromatic N) is 1. The highest BCUT2D eigenvalue weighted by Gasteiger charge is 2.07. The second-order valence-corrected chi connectivity index (χ2v) is 4.53. The first-order valence-corrected chi connectivity index (χ1v) is 6.20. The summed E-state index contributed by atoms with van der Waals surface area (Å²) in [6.07, 6.45) is 0.784. The molecule has 0 saturated heterocycles. The van der Waals surface area contributed by atoms with Crippen molar-refractivity contribution in [2.24, 2.45) is 0 Å². The first kappa shape index (κ1) is 13.8. The van der Waals surface area contributed by atoms with Crippen LogP contribution in [-0.2, 0) is 6.54 Å². The van der Waals surface area contributed by atoms with Gasteiger partial charge in [0, 0.05) is 29.7 Å². The SMILES string of the molecule is CCN(CCCO)Cc1cc(Cl)ccc1Cl. The smallest absolute Gasteiger partial charge is 0.0452 e. The van der Waals surface area contributed by atoms with Gasteiger partial charge < -0.3 is 5.11 Å². The summed E-state index contributed by atoms with van der Waals surface area (Å²) in [7, 11) is 0. The van der Waals surface area contributed by atoms with Crippen LogP contribution in [0, 0.1) is 0 Å². The van der Waals surface area contributed by atoms with Gasteiger partial charge in [0.2, 0.25) is 0 Å². The molecule has 0 amide bonds. The fourth-order valence-corrected chi connectivity index (χ4v) is 1.92. The molecule has 0 fully saturated rings. The predicted molar refractivity (Wildman–Crippen MR) is 69.1 cm³/mol. The molecule has 90 valence electrons.